The van der Waals surface area contributed by atoms with E-state index in [4.69, 9.17) is 5.11 Å². The first-order chi connectivity index (χ1) is 7.65. The number of halogens is 1. The number of aliphatic hydroxyl groups excluding tert-OH is 1. The second-order valence-electron chi connectivity index (χ2n) is 3.64. The van der Waals surface area contributed by atoms with Crippen LogP contribution in [0.4, 0.5) is 0 Å². The normalized spacial score (nSPS) is 12.2. The summed E-state index contributed by atoms with van der Waals surface area (Å²) >= 11 is 3.45. The second-order valence-corrected chi connectivity index (χ2v) is 4.49. The van der Waals surface area contributed by atoms with E-state index in [0.29, 0.717) is 12.8 Å². The molecule has 1 rings (SSSR count). The minimum absolute atomic E-state index is 0.0261. The molecule has 3 nitrogen and oxygen atoms in total. The van der Waals surface area contributed by atoms with Gasteiger partial charge >= 0.3 is 0 Å². The molecule has 0 fully saturated rings. The summed E-state index contributed by atoms with van der Waals surface area (Å²) in [5.74, 6) is -0.0303. The van der Waals surface area contributed by atoms with Gasteiger partial charge in [0.15, 0.2) is 0 Å². The maximum absolute atomic E-state index is 11.5. The van der Waals surface area contributed by atoms with Crippen molar-refractivity contribution in [1.29, 1.82) is 0 Å². The molecule has 1 aromatic rings. The van der Waals surface area contributed by atoms with E-state index >= 15 is 0 Å². The fraction of sp³-hybridized carbons (Fsp3) is 0.417. The highest BCUT2D eigenvalue weighted by atomic mass is 79.9. The monoisotopic (exact) mass is 285 g/mol. The molecule has 0 aromatic heterocycles. The van der Waals surface area contributed by atoms with E-state index in [2.05, 4.69) is 21.2 Å². The lowest BCUT2D eigenvalue weighted by molar-refractivity contribution is -0.122. The third kappa shape index (κ3) is 3.94. The van der Waals surface area contributed by atoms with Gasteiger partial charge in [0.05, 0.1) is 6.04 Å². The van der Waals surface area contributed by atoms with Gasteiger partial charge in [-0.05, 0) is 25.0 Å². The second kappa shape index (κ2) is 6.66. The van der Waals surface area contributed by atoms with Crippen molar-refractivity contribution in [3.8, 4) is 0 Å². The Balaban J connectivity index is 2.55. The SMILES string of the molecule is CC(NC(=O)CCCO)c1ccccc1Br. The highest BCUT2D eigenvalue weighted by Gasteiger charge is 2.11. The molecule has 0 aliphatic rings. The van der Waals surface area contributed by atoms with E-state index in [1.807, 2.05) is 31.2 Å². The molecule has 0 radical (unpaired) electrons. The van der Waals surface area contributed by atoms with Crippen LogP contribution in [0.1, 0.15) is 31.4 Å². The predicted molar refractivity (Wildman–Crippen MR) is 67.0 cm³/mol. The molecule has 0 saturated heterocycles. The first kappa shape index (κ1) is 13.2. The van der Waals surface area contributed by atoms with Gasteiger partial charge in [-0.3, -0.25) is 4.79 Å². The quantitative estimate of drug-likeness (QED) is 0.873. The van der Waals surface area contributed by atoms with Gasteiger partial charge in [-0.1, -0.05) is 34.1 Å². The minimum atomic E-state index is -0.0303. The third-order valence-electron chi connectivity index (χ3n) is 2.31. The van der Waals surface area contributed by atoms with Crippen LogP contribution in [0.25, 0.3) is 0 Å². The summed E-state index contributed by atoms with van der Waals surface area (Å²) in [7, 11) is 0. The van der Waals surface area contributed by atoms with E-state index in [1.165, 1.54) is 0 Å². The van der Waals surface area contributed by atoms with Crippen molar-refractivity contribution < 1.29 is 9.90 Å². The van der Waals surface area contributed by atoms with E-state index in [1.54, 1.807) is 0 Å². The van der Waals surface area contributed by atoms with Crippen LogP contribution in [0.3, 0.4) is 0 Å². The van der Waals surface area contributed by atoms with Gasteiger partial charge in [0, 0.05) is 17.5 Å². The van der Waals surface area contributed by atoms with Gasteiger partial charge < -0.3 is 10.4 Å². The Hall–Kier alpha value is -0.870. The molecule has 0 bridgehead atoms. The van der Waals surface area contributed by atoms with Gasteiger partial charge in [0.2, 0.25) is 5.91 Å². The lowest BCUT2D eigenvalue weighted by atomic mass is 10.1. The van der Waals surface area contributed by atoms with Crippen molar-refractivity contribution in [3.63, 3.8) is 0 Å². The molecule has 1 unspecified atom stereocenters. The van der Waals surface area contributed by atoms with E-state index in [-0.39, 0.29) is 18.6 Å². The number of amides is 1. The number of benzene rings is 1. The van der Waals surface area contributed by atoms with Gasteiger partial charge in [-0.25, -0.2) is 0 Å². The molecule has 1 amide bonds. The zero-order valence-electron chi connectivity index (χ0n) is 9.24. The molecule has 16 heavy (non-hydrogen) atoms. The average Bonchev–Trinajstić information content (AvgIpc) is 2.26. The van der Waals surface area contributed by atoms with E-state index in [9.17, 15) is 4.79 Å². The van der Waals surface area contributed by atoms with E-state index in [0.717, 1.165) is 10.0 Å². The lowest BCUT2D eigenvalue weighted by Crippen LogP contribution is -2.26. The topological polar surface area (TPSA) is 49.3 Å². The highest BCUT2D eigenvalue weighted by molar-refractivity contribution is 9.10. The van der Waals surface area contributed by atoms with Crippen LogP contribution in [-0.2, 0) is 4.79 Å². The molecule has 0 aliphatic heterocycles. The van der Waals surface area contributed by atoms with Crippen LogP contribution >= 0.6 is 15.9 Å². The summed E-state index contributed by atoms with van der Waals surface area (Å²) < 4.78 is 0.991. The predicted octanol–water partition coefficient (Wildman–Crippen LogP) is 2.40. The number of nitrogens with one attached hydrogen (secondary N) is 1. The maximum atomic E-state index is 11.5. The number of hydrogen-bond acceptors (Lipinski definition) is 2. The number of aliphatic hydroxyl groups is 1. The largest absolute Gasteiger partial charge is 0.396 e. The third-order valence-corrected chi connectivity index (χ3v) is 3.03. The smallest absolute Gasteiger partial charge is 0.220 e. The van der Waals surface area contributed by atoms with Crippen LogP contribution in [0.2, 0.25) is 0 Å². The van der Waals surface area contributed by atoms with Crippen LogP contribution in [0.15, 0.2) is 28.7 Å². The Morgan fingerprint density at radius 3 is 2.81 bits per heavy atom. The Bertz CT molecular complexity index is 355. The highest BCUT2D eigenvalue weighted by Crippen LogP contribution is 2.22. The summed E-state index contributed by atoms with van der Waals surface area (Å²) in [6, 6.07) is 7.78. The van der Waals surface area contributed by atoms with Crippen LogP contribution < -0.4 is 5.32 Å². The first-order valence-corrected chi connectivity index (χ1v) is 6.09. The molecule has 1 atom stereocenters. The molecular formula is C12H16BrNO2. The van der Waals surface area contributed by atoms with Gasteiger partial charge in [0.1, 0.15) is 0 Å². The fourth-order valence-electron chi connectivity index (χ4n) is 1.46. The maximum Gasteiger partial charge on any atom is 0.220 e. The minimum Gasteiger partial charge on any atom is -0.396 e. The molecular weight excluding hydrogens is 270 g/mol. The standard InChI is InChI=1S/C12H16BrNO2/c1-9(14-12(16)7-4-8-15)10-5-2-3-6-11(10)13/h2-3,5-6,9,15H,4,7-8H2,1H3,(H,14,16). The average molecular weight is 286 g/mol. The fourth-order valence-corrected chi connectivity index (χ4v) is 2.09. The lowest BCUT2D eigenvalue weighted by Gasteiger charge is -2.15. The summed E-state index contributed by atoms with van der Waals surface area (Å²) in [5.41, 5.74) is 1.06. The van der Waals surface area contributed by atoms with Crippen molar-refractivity contribution >= 4 is 21.8 Å². The van der Waals surface area contributed by atoms with Crippen LogP contribution in [-0.4, -0.2) is 17.6 Å². The molecule has 1 aromatic carbocycles. The Morgan fingerprint density at radius 2 is 2.19 bits per heavy atom. The van der Waals surface area contributed by atoms with Crippen molar-refractivity contribution in [2.45, 2.75) is 25.8 Å². The Labute approximate surface area is 104 Å². The van der Waals surface area contributed by atoms with Crippen molar-refractivity contribution in [2.24, 2.45) is 0 Å². The van der Waals surface area contributed by atoms with Gasteiger partial charge in [-0.15, -0.1) is 0 Å². The molecule has 0 spiro atoms. The molecule has 0 heterocycles. The Kier molecular flexibility index (Phi) is 5.49. The molecule has 0 saturated carbocycles. The zero-order valence-corrected chi connectivity index (χ0v) is 10.8. The number of carbonyl (C=O) groups excluding carboxylic acids is 1. The van der Waals surface area contributed by atoms with E-state index < -0.39 is 0 Å². The van der Waals surface area contributed by atoms with Gasteiger partial charge in [0.25, 0.3) is 0 Å². The molecule has 88 valence electrons. The summed E-state index contributed by atoms with van der Waals surface area (Å²) in [5, 5.41) is 11.5. The van der Waals surface area contributed by atoms with Crippen LogP contribution in [0, 0.1) is 0 Å². The van der Waals surface area contributed by atoms with Crippen molar-refractivity contribution in [3.05, 3.63) is 34.3 Å². The number of carbonyl (C=O) groups is 1. The molecule has 0 aliphatic carbocycles. The zero-order chi connectivity index (χ0) is 12.0. The first-order valence-electron chi connectivity index (χ1n) is 5.29. The number of hydrogen-bond donors (Lipinski definition) is 2. The number of rotatable bonds is 5. The van der Waals surface area contributed by atoms with Crippen molar-refractivity contribution in [1.82, 2.24) is 5.32 Å². The van der Waals surface area contributed by atoms with Gasteiger partial charge in [-0.2, -0.15) is 0 Å². The van der Waals surface area contributed by atoms with Crippen LogP contribution in [0.5, 0.6) is 0 Å². The summed E-state index contributed by atoms with van der Waals surface area (Å²) in [6.45, 7) is 1.99. The molecule has 4 heteroatoms. The molecule has 2 N–H and O–H groups in total. The Morgan fingerprint density at radius 1 is 1.50 bits per heavy atom. The summed E-state index contributed by atoms with van der Waals surface area (Å²) in [4.78, 5) is 11.5. The summed E-state index contributed by atoms with van der Waals surface area (Å²) in [6.07, 6.45) is 0.875. The van der Waals surface area contributed by atoms with Crippen molar-refractivity contribution in [2.75, 3.05) is 6.61 Å².